The van der Waals surface area contributed by atoms with E-state index < -0.39 is 0 Å². The summed E-state index contributed by atoms with van der Waals surface area (Å²) in [4.78, 5) is 32.2. The number of esters is 1. The molecule has 9 heteroatoms. The molecule has 2 saturated heterocycles. The highest BCUT2D eigenvalue weighted by Crippen LogP contribution is 2.41. The molecule has 0 bridgehead atoms. The molecule has 9 nitrogen and oxygen atoms in total. The molecule has 0 amide bonds. The number of piperidine rings is 1. The number of ether oxygens (including phenoxy) is 1. The van der Waals surface area contributed by atoms with Gasteiger partial charge in [0.15, 0.2) is 0 Å². The van der Waals surface area contributed by atoms with Crippen molar-refractivity contribution in [3.63, 3.8) is 0 Å². The predicted octanol–water partition coefficient (Wildman–Crippen LogP) is 5.90. The van der Waals surface area contributed by atoms with Gasteiger partial charge in [0.05, 0.1) is 19.7 Å². The first-order valence-corrected chi connectivity index (χ1v) is 17.7. The second-order valence-corrected chi connectivity index (χ2v) is 13.8. The van der Waals surface area contributed by atoms with Gasteiger partial charge in [-0.05, 0) is 94.2 Å². The van der Waals surface area contributed by atoms with Crippen LogP contribution in [0.3, 0.4) is 0 Å². The fraction of sp³-hybridized carbons (Fsp3) is 0.595. The van der Waals surface area contributed by atoms with Gasteiger partial charge in [0.2, 0.25) is 0 Å². The Morgan fingerprint density at radius 3 is 2.57 bits per heavy atom. The van der Waals surface area contributed by atoms with Crippen molar-refractivity contribution in [1.29, 1.82) is 0 Å². The van der Waals surface area contributed by atoms with Crippen molar-refractivity contribution in [3.05, 3.63) is 77.9 Å². The average Bonchev–Trinajstić information content (AvgIpc) is 3.85. The largest absolute Gasteiger partial charge is 0.463 e. The fourth-order valence-corrected chi connectivity index (χ4v) is 7.91. The predicted molar refractivity (Wildman–Crippen MR) is 182 cm³/mol. The van der Waals surface area contributed by atoms with Crippen LogP contribution in [0.25, 0.3) is 6.08 Å². The van der Waals surface area contributed by atoms with Crippen molar-refractivity contribution in [2.75, 3.05) is 39.3 Å². The lowest BCUT2D eigenvalue weighted by atomic mass is 9.77. The highest BCUT2D eigenvalue weighted by atomic mass is 16.5. The molecule has 0 radical (unpaired) electrons. The van der Waals surface area contributed by atoms with E-state index >= 15 is 0 Å². The van der Waals surface area contributed by atoms with E-state index in [1.54, 1.807) is 6.08 Å². The molecule has 4 heterocycles. The van der Waals surface area contributed by atoms with Crippen molar-refractivity contribution in [1.82, 2.24) is 34.2 Å². The maximum Gasteiger partial charge on any atom is 0.330 e. The number of carbonyl (C=O) groups is 1. The zero-order valence-corrected chi connectivity index (χ0v) is 27.8. The minimum Gasteiger partial charge on any atom is -0.463 e. The number of H-pyrrole nitrogens is 1. The monoisotopic (exact) mass is 627 g/mol. The van der Waals surface area contributed by atoms with Gasteiger partial charge in [-0.2, -0.15) is 0 Å². The third-order valence-corrected chi connectivity index (χ3v) is 10.5. The van der Waals surface area contributed by atoms with Crippen molar-refractivity contribution >= 4 is 12.0 Å². The Labute approximate surface area is 275 Å². The smallest absolute Gasteiger partial charge is 0.330 e. The highest BCUT2D eigenvalue weighted by molar-refractivity contribution is 5.87. The summed E-state index contributed by atoms with van der Waals surface area (Å²) in [5.74, 6) is 1.72. The fourth-order valence-electron chi connectivity index (χ4n) is 7.91. The van der Waals surface area contributed by atoms with Gasteiger partial charge in [-0.3, -0.25) is 4.90 Å². The SMILES string of the molecule is CCOC(=O)C=Cc1ccc(CN(Cc2ncc[nH]2)Cc2nccn2CCCN2CCC3(CCN(C4CCCCC4)CC3)C2)cc1. The van der Waals surface area contributed by atoms with Crippen molar-refractivity contribution in [3.8, 4) is 0 Å². The Kier molecular flexibility index (Phi) is 11.4. The normalized spacial score (nSPS) is 19.5. The number of rotatable bonds is 14. The van der Waals surface area contributed by atoms with Gasteiger partial charge in [-0.15, -0.1) is 0 Å². The van der Waals surface area contributed by atoms with Crippen molar-refractivity contribution < 1.29 is 9.53 Å². The van der Waals surface area contributed by atoms with E-state index in [1.807, 2.05) is 37.6 Å². The Morgan fingerprint density at radius 2 is 1.80 bits per heavy atom. The number of likely N-dealkylation sites (tertiary alicyclic amines) is 2. The maximum atomic E-state index is 11.7. The first kappa shape index (κ1) is 32.7. The molecule has 46 heavy (non-hydrogen) atoms. The van der Waals surface area contributed by atoms with Crippen LogP contribution >= 0.6 is 0 Å². The standard InChI is InChI=1S/C37H53N7O2/c1-2-46-36(45)14-13-31-9-11-32(12-10-31)27-42(28-34-38-18-19-39-34)29-35-40-20-26-44(35)22-6-21-41-23-15-37(30-41)16-24-43(25-17-37)33-7-4-3-5-8-33/h9-14,18-20,26,33H,2-8,15-17,21-25,27-30H2,1H3,(H,38,39). The number of hydrogen-bond donors (Lipinski definition) is 1. The summed E-state index contributed by atoms with van der Waals surface area (Å²) in [6.45, 7) is 11.7. The Balaban J connectivity index is 0.992. The molecule has 3 fully saturated rings. The summed E-state index contributed by atoms with van der Waals surface area (Å²) in [6.07, 6.45) is 23.5. The Bertz CT molecular complexity index is 1370. The quantitative estimate of drug-likeness (QED) is 0.176. The molecule has 0 atom stereocenters. The molecule has 1 N–H and O–H groups in total. The van der Waals surface area contributed by atoms with Gasteiger partial charge in [0.1, 0.15) is 11.6 Å². The number of nitrogens with zero attached hydrogens (tertiary/aromatic N) is 6. The summed E-state index contributed by atoms with van der Waals surface area (Å²) < 4.78 is 7.33. The highest BCUT2D eigenvalue weighted by Gasteiger charge is 2.41. The number of hydrogen-bond acceptors (Lipinski definition) is 7. The first-order chi connectivity index (χ1) is 22.6. The van der Waals surface area contributed by atoms with Gasteiger partial charge in [-0.25, -0.2) is 14.8 Å². The molecule has 1 saturated carbocycles. The average molecular weight is 628 g/mol. The first-order valence-electron chi connectivity index (χ1n) is 17.7. The van der Waals surface area contributed by atoms with E-state index in [4.69, 9.17) is 9.72 Å². The molecule has 3 aliphatic rings. The number of nitrogens with one attached hydrogen (secondary N) is 1. The molecule has 0 unspecified atom stereocenters. The lowest BCUT2D eigenvalue weighted by Gasteiger charge is -2.44. The van der Waals surface area contributed by atoms with Crippen LogP contribution in [-0.2, 0) is 35.7 Å². The van der Waals surface area contributed by atoms with Gasteiger partial charge in [0.25, 0.3) is 0 Å². The number of aryl methyl sites for hydroxylation is 1. The molecule has 1 aromatic carbocycles. The van der Waals surface area contributed by atoms with Crippen molar-refractivity contribution in [2.24, 2.45) is 5.41 Å². The summed E-state index contributed by atoms with van der Waals surface area (Å²) in [5.41, 5.74) is 2.73. The summed E-state index contributed by atoms with van der Waals surface area (Å²) >= 11 is 0. The van der Waals surface area contributed by atoms with Crippen LogP contribution < -0.4 is 0 Å². The van der Waals surface area contributed by atoms with Gasteiger partial charge < -0.3 is 24.1 Å². The van der Waals surface area contributed by atoms with Crippen LogP contribution in [0, 0.1) is 5.41 Å². The summed E-state index contributed by atoms with van der Waals surface area (Å²) in [7, 11) is 0. The number of aromatic nitrogens is 4. The van der Waals surface area contributed by atoms with Crippen LogP contribution in [0.2, 0.25) is 0 Å². The lowest BCUT2D eigenvalue weighted by Crippen LogP contribution is -2.46. The Morgan fingerprint density at radius 1 is 1.00 bits per heavy atom. The second-order valence-electron chi connectivity index (χ2n) is 13.8. The Hall–Kier alpha value is -3.27. The van der Waals surface area contributed by atoms with Crippen LogP contribution in [0.15, 0.2) is 55.1 Å². The molecule has 6 rings (SSSR count). The van der Waals surface area contributed by atoms with E-state index in [9.17, 15) is 4.79 Å². The number of imidazole rings is 2. The summed E-state index contributed by atoms with van der Waals surface area (Å²) in [6, 6.07) is 9.19. The molecule has 2 aromatic heterocycles. The number of benzene rings is 1. The van der Waals surface area contributed by atoms with Crippen LogP contribution in [0.1, 0.15) is 87.5 Å². The van der Waals surface area contributed by atoms with Crippen LogP contribution in [0.5, 0.6) is 0 Å². The van der Waals surface area contributed by atoms with E-state index in [-0.39, 0.29) is 5.97 Å². The van der Waals surface area contributed by atoms with Gasteiger partial charge in [0, 0.05) is 56.5 Å². The zero-order chi connectivity index (χ0) is 31.6. The third-order valence-electron chi connectivity index (χ3n) is 10.5. The molecule has 1 spiro atoms. The molecule has 248 valence electrons. The van der Waals surface area contributed by atoms with Crippen LogP contribution in [-0.4, -0.2) is 85.6 Å². The minimum absolute atomic E-state index is 0.318. The van der Waals surface area contributed by atoms with E-state index in [0.717, 1.165) is 49.3 Å². The zero-order valence-electron chi connectivity index (χ0n) is 27.8. The van der Waals surface area contributed by atoms with Gasteiger partial charge in [-0.1, -0.05) is 43.5 Å². The summed E-state index contributed by atoms with van der Waals surface area (Å²) in [5, 5.41) is 0. The van der Waals surface area contributed by atoms with Gasteiger partial charge >= 0.3 is 5.97 Å². The molecular weight excluding hydrogens is 574 g/mol. The van der Waals surface area contributed by atoms with Crippen LogP contribution in [0.4, 0.5) is 0 Å². The van der Waals surface area contributed by atoms with E-state index in [0.29, 0.717) is 18.6 Å². The maximum absolute atomic E-state index is 11.7. The lowest BCUT2D eigenvalue weighted by molar-refractivity contribution is -0.137. The number of carbonyl (C=O) groups excluding carboxylic acids is 1. The molecule has 1 aliphatic carbocycles. The minimum atomic E-state index is -0.318. The van der Waals surface area contributed by atoms with E-state index in [1.165, 1.54) is 95.7 Å². The van der Waals surface area contributed by atoms with Crippen molar-refractivity contribution in [2.45, 2.75) is 96.9 Å². The molecular formula is C37H53N7O2. The third kappa shape index (κ3) is 8.96. The molecule has 3 aromatic rings. The second kappa shape index (κ2) is 16.0. The topological polar surface area (TPSA) is 82.5 Å². The molecule has 2 aliphatic heterocycles. The number of aromatic amines is 1. The van der Waals surface area contributed by atoms with E-state index in [2.05, 4.69) is 47.6 Å².